The summed E-state index contributed by atoms with van der Waals surface area (Å²) in [6.45, 7) is -0.183. The highest BCUT2D eigenvalue weighted by Gasteiger charge is 2.15. The number of thiazole rings is 1. The zero-order valence-corrected chi connectivity index (χ0v) is 17.7. The lowest BCUT2D eigenvalue weighted by atomic mass is 10.2. The van der Waals surface area contributed by atoms with Crippen molar-refractivity contribution >= 4 is 33.7 Å². The summed E-state index contributed by atoms with van der Waals surface area (Å²) in [5.74, 6) is 1.69. The molecule has 1 heterocycles. The van der Waals surface area contributed by atoms with Crippen LogP contribution in [0.2, 0.25) is 0 Å². The van der Waals surface area contributed by atoms with Crippen LogP contribution in [0, 0.1) is 0 Å². The molecule has 0 aliphatic carbocycles. The molecule has 0 bridgehead atoms. The smallest absolute Gasteiger partial charge is 0.308 e. The van der Waals surface area contributed by atoms with Crippen molar-refractivity contribution in [2.24, 2.45) is 5.10 Å². The van der Waals surface area contributed by atoms with E-state index in [0.29, 0.717) is 38.8 Å². The molecule has 10 heteroatoms. The van der Waals surface area contributed by atoms with Crippen LogP contribution in [-0.2, 0) is 11.3 Å². The van der Waals surface area contributed by atoms with Gasteiger partial charge in [0.2, 0.25) is 0 Å². The van der Waals surface area contributed by atoms with E-state index in [0.717, 1.165) is 11.3 Å². The Morgan fingerprint density at radius 1 is 1.00 bits per heavy atom. The van der Waals surface area contributed by atoms with Crippen LogP contribution in [0.4, 0.5) is 0 Å². The molecule has 1 N–H and O–H groups in total. The maximum atomic E-state index is 12.4. The summed E-state index contributed by atoms with van der Waals surface area (Å²) in [5.41, 5.74) is 3.72. The van der Waals surface area contributed by atoms with Crippen LogP contribution in [0.1, 0.15) is 5.56 Å². The van der Waals surface area contributed by atoms with Gasteiger partial charge in [-0.15, -0.1) is 0 Å². The molecule has 0 saturated heterocycles. The fourth-order valence-corrected chi connectivity index (χ4v) is 3.73. The molecule has 30 heavy (non-hydrogen) atoms. The maximum absolute atomic E-state index is 12.4. The largest absolute Gasteiger partial charge is 0.493 e. The van der Waals surface area contributed by atoms with E-state index in [1.54, 1.807) is 37.4 Å². The second kappa shape index (κ2) is 9.31. The monoisotopic (exact) mass is 431 g/mol. The Morgan fingerprint density at radius 2 is 1.63 bits per heavy atom. The number of aromatic nitrogens is 1. The first-order valence-corrected chi connectivity index (χ1v) is 9.61. The standard InChI is InChI=1S/C20H21N3O6S/c1-26-14-6-5-12(7-15(14)27-2)10-21-22-19(24)11-23-13-8-16(28-3)17(29-4)9-18(13)30-20(23)25/h5-10H,11H2,1-4H3,(H,22,24)/b21-10+. The number of methoxy groups -OCH3 is 4. The van der Waals surface area contributed by atoms with Gasteiger partial charge in [-0.25, -0.2) is 5.43 Å². The normalized spacial score (nSPS) is 10.9. The van der Waals surface area contributed by atoms with Crippen LogP contribution in [0.5, 0.6) is 23.0 Å². The van der Waals surface area contributed by atoms with E-state index in [1.807, 2.05) is 0 Å². The van der Waals surface area contributed by atoms with Crippen molar-refractivity contribution < 1.29 is 23.7 Å². The Hall–Kier alpha value is -3.53. The van der Waals surface area contributed by atoms with Crippen molar-refractivity contribution in [1.29, 1.82) is 0 Å². The molecule has 0 aliphatic rings. The molecular weight excluding hydrogens is 410 g/mol. The number of hydrazone groups is 1. The minimum absolute atomic E-state index is 0.183. The predicted octanol–water partition coefficient (Wildman–Crippen LogP) is 2.25. The van der Waals surface area contributed by atoms with Crippen molar-refractivity contribution in [3.05, 3.63) is 45.6 Å². The molecule has 1 amide bonds. The molecule has 3 rings (SSSR count). The van der Waals surface area contributed by atoms with Gasteiger partial charge in [0.05, 0.1) is 44.9 Å². The molecule has 0 aliphatic heterocycles. The fraction of sp³-hybridized carbons (Fsp3) is 0.250. The summed E-state index contributed by atoms with van der Waals surface area (Å²) in [6.07, 6.45) is 1.47. The van der Waals surface area contributed by atoms with Crippen LogP contribution in [-0.4, -0.2) is 45.1 Å². The van der Waals surface area contributed by atoms with Crippen LogP contribution < -0.4 is 29.2 Å². The Kier molecular flexibility index (Phi) is 6.58. The number of hydrogen-bond acceptors (Lipinski definition) is 8. The van der Waals surface area contributed by atoms with E-state index in [1.165, 1.54) is 32.1 Å². The molecule has 0 radical (unpaired) electrons. The summed E-state index contributed by atoms with van der Waals surface area (Å²) in [4.78, 5) is 24.4. The average molecular weight is 431 g/mol. The van der Waals surface area contributed by atoms with Gasteiger partial charge >= 0.3 is 4.87 Å². The van der Waals surface area contributed by atoms with Crippen LogP contribution >= 0.6 is 11.3 Å². The van der Waals surface area contributed by atoms with Gasteiger partial charge in [0.1, 0.15) is 6.54 Å². The average Bonchev–Trinajstić information content (AvgIpc) is 3.06. The number of carbonyl (C=O) groups excluding carboxylic acids is 1. The third kappa shape index (κ3) is 4.38. The highest BCUT2D eigenvalue weighted by Crippen LogP contribution is 2.33. The first-order valence-electron chi connectivity index (χ1n) is 8.80. The SMILES string of the molecule is COc1ccc(/C=N/NC(=O)Cn2c(=O)sc3cc(OC)c(OC)cc32)cc1OC. The van der Waals surface area contributed by atoms with Crippen molar-refractivity contribution in [1.82, 2.24) is 9.99 Å². The number of rotatable bonds is 8. The maximum Gasteiger partial charge on any atom is 0.308 e. The number of nitrogens with zero attached hydrogens (tertiary/aromatic N) is 2. The zero-order chi connectivity index (χ0) is 21.7. The number of carbonyl (C=O) groups is 1. The lowest BCUT2D eigenvalue weighted by Crippen LogP contribution is -2.27. The predicted molar refractivity (Wildman–Crippen MR) is 114 cm³/mol. The first-order chi connectivity index (χ1) is 14.5. The van der Waals surface area contributed by atoms with E-state index in [2.05, 4.69) is 10.5 Å². The first kappa shape index (κ1) is 21.2. The molecule has 2 aromatic carbocycles. The van der Waals surface area contributed by atoms with Gasteiger partial charge < -0.3 is 18.9 Å². The molecular formula is C20H21N3O6S. The highest BCUT2D eigenvalue weighted by atomic mass is 32.1. The van der Waals surface area contributed by atoms with Gasteiger partial charge in [-0.2, -0.15) is 5.10 Å². The second-order valence-electron chi connectivity index (χ2n) is 6.04. The summed E-state index contributed by atoms with van der Waals surface area (Å²) < 4.78 is 23.0. The van der Waals surface area contributed by atoms with E-state index >= 15 is 0 Å². The molecule has 0 atom stereocenters. The Balaban J connectivity index is 1.75. The second-order valence-corrected chi connectivity index (χ2v) is 7.03. The lowest BCUT2D eigenvalue weighted by molar-refractivity contribution is -0.121. The summed E-state index contributed by atoms with van der Waals surface area (Å²) in [6, 6.07) is 8.62. The van der Waals surface area contributed by atoms with Crippen molar-refractivity contribution in [2.75, 3.05) is 28.4 Å². The number of ether oxygens (including phenoxy) is 4. The van der Waals surface area contributed by atoms with Gasteiger partial charge in [0.15, 0.2) is 23.0 Å². The molecule has 0 saturated carbocycles. The molecule has 0 fully saturated rings. The number of benzene rings is 2. The summed E-state index contributed by atoms with van der Waals surface area (Å²) in [5, 5.41) is 3.95. The minimum Gasteiger partial charge on any atom is -0.493 e. The van der Waals surface area contributed by atoms with Gasteiger partial charge in [-0.3, -0.25) is 14.2 Å². The van der Waals surface area contributed by atoms with E-state index in [-0.39, 0.29) is 11.4 Å². The molecule has 9 nitrogen and oxygen atoms in total. The van der Waals surface area contributed by atoms with Crippen LogP contribution in [0.15, 0.2) is 40.2 Å². The Bertz CT molecular complexity index is 1150. The fourth-order valence-electron chi connectivity index (χ4n) is 2.83. The van der Waals surface area contributed by atoms with Crippen molar-refractivity contribution in [3.8, 4) is 23.0 Å². The van der Waals surface area contributed by atoms with Gasteiger partial charge in [0.25, 0.3) is 5.91 Å². The third-order valence-corrected chi connectivity index (χ3v) is 5.23. The molecule has 158 valence electrons. The Labute approximate surface area is 176 Å². The zero-order valence-electron chi connectivity index (χ0n) is 16.9. The molecule has 0 spiro atoms. The quantitative estimate of drug-likeness (QED) is 0.434. The Morgan fingerprint density at radius 3 is 2.30 bits per heavy atom. The van der Waals surface area contributed by atoms with Crippen LogP contribution in [0.25, 0.3) is 10.2 Å². The number of nitrogens with one attached hydrogen (secondary N) is 1. The highest BCUT2D eigenvalue weighted by molar-refractivity contribution is 7.16. The number of amides is 1. The summed E-state index contributed by atoms with van der Waals surface area (Å²) in [7, 11) is 6.11. The summed E-state index contributed by atoms with van der Waals surface area (Å²) >= 11 is 1.03. The molecule has 3 aromatic rings. The van der Waals surface area contributed by atoms with E-state index in [4.69, 9.17) is 18.9 Å². The van der Waals surface area contributed by atoms with E-state index < -0.39 is 5.91 Å². The van der Waals surface area contributed by atoms with Crippen LogP contribution in [0.3, 0.4) is 0 Å². The topological polar surface area (TPSA) is 100 Å². The van der Waals surface area contributed by atoms with Crippen molar-refractivity contribution in [3.63, 3.8) is 0 Å². The van der Waals surface area contributed by atoms with E-state index in [9.17, 15) is 9.59 Å². The third-order valence-electron chi connectivity index (χ3n) is 4.29. The molecule has 1 aromatic heterocycles. The van der Waals surface area contributed by atoms with Gasteiger partial charge in [-0.1, -0.05) is 11.3 Å². The number of fused-ring (bicyclic) bond motifs is 1. The van der Waals surface area contributed by atoms with Gasteiger partial charge in [-0.05, 0) is 23.8 Å². The number of hydrogen-bond donors (Lipinski definition) is 1. The lowest BCUT2D eigenvalue weighted by Gasteiger charge is -2.08. The van der Waals surface area contributed by atoms with Gasteiger partial charge in [0, 0.05) is 12.1 Å². The molecule has 0 unspecified atom stereocenters. The minimum atomic E-state index is -0.441. The van der Waals surface area contributed by atoms with Crippen molar-refractivity contribution in [2.45, 2.75) is 6.54 Å².